The van der Waals surface area contributed by atoms with E-state index in [0.717, 1.165) is 16.5 Å². The smallest absolute Gasteiger partial charge is 0.332 e. The number of urea groups is 1. The molecular formula is C12H12N4O2. The van der Waals surface area contributed by atoms with Crippen LogP contribution in [0, 0.1) is 6.92 Å². The van der Waals surface area contributed by atoms with E-state index in [-0.39, 0.29) is 5.56 Å². The first-order valence-corrected chi connectivity index (χ1v) is 5.28. The molecule has 0 radical (unpaired) electrons. The van der Waals surface area contributed by atoms with E-state index in [0.29, 0.717) is 5.56 Å². The summed E-state index contributed by atoms with van der Waals surface area (Å²) in [5, 5.41) is 4.46. The minimum absolute atomic E-state index is 0.277. The van der Waals surface area contributed by atoms with Crippen LogP contribution in [0.1, 0.15) is 11.1 Å². The fourth-order valence-corrected chi connectivity index (χ4v) is 1.60. The molecule has 6 nitrogen and oxygen atoms in total. The van der Waals surface area contributed by atoms with Crippen molar-refractivity contribution in [1.29, 1.82) is 0 Å². The average molecular weight is 244 g/mol. The standard InChI is InChI=1S/C12H12N4O2/c1-7-2-3-10-8(4-7)5-9(11(17)15-10)6-14-16-12(13)18/h2-6H,1H3,(H,15,17)(H3,13,16,18). The molecule has 0 atom stereocenters. The molecule has 0 aliphatic rings. The first kappa shape index (κ1) is 11.8. The number of aromatic nitrogens is 1. The molecule has 0 unspecified atom stereocenters. The molecule has 0 aliphatic carbocycles. The van der Waals surface area contributed by atoms with Gasteiger partial charge in [0.2, 0.25) is 0 Å². The fourth-order valence-electron chi connectivity index (χ4n) is 1.60. The lowest BCUT2D eigenvalue weighted by Crippen LogP contribution is -2.25. The van der Waals surface area contributed by atoms with E-state index < -0.39 is 6.03 Å². The number of fused-ring (bicyclic) bond motifs is 1. The first-order valence-electron chi connectivity index (χ1n) is 5.28. The summed E-state index contributed by atoms with van der Waals surface area (Å²) >= 11 is 0. The van der Waals surface area contributed by atoms with Gasteiger partial charge in [0.15, 0.2) is 0 Å². The summed E-state index contributed by atoms with van der Waals surface area (Å²) in [6, 6.07) is 6.63. The van der Waals surface area contributed by atoms with Gasteiger partial charge in [-0.1, -0.05) is 11.6 Å². The number of nitrogens with zero attached hydrogens (tertiary/aromatic N) is 1. The van der Waals surface area contributed by atoms with Gasteiger partial charge in [-0.25, -0.2) is 10.2 Å². The lowest BCUT2D eigenvalue weighted by atomic mass is 10.1. The molecule has 2 rings (SSSR count). The Bertz CT molecular complexity index is 688. The van der Waals surface area contributed by atoms with Gasteiger partial charge in [0.05, 0.1) is 11.8 Å². The molecule has 0 spiro atoms. The van der Waals surface area contributed by atoms with Crippen molar-refractivity contribution in [2.45, 2.75) is 6.92 Å². The van der Waals surface area contributed by atoms with Crippen LogP contribution in [0.15, 0.2) is 34.2 Å². The maximum atomic E-state index is 11.7. The second-order valence-electron chi connectivity index (χ2n) is 3.88. The van der Waals surface area contributed by atoms with Crippen molar-refractivity contribution in [1.82, 2.24) is 10.4 Å². The van der Waals surface area contributed by atoms with Crippen molar-refractivity contribution in [3.8, 4) is 0 Å². The number of nitrogens with two attached hydrogens (primary N) is 1. The summed E-state index contributed by atoms with van der Waals surface area (Å²) in [6.07, 6.45) is 1.26. The predicted octanol–water partition coefficient (Wildman–Crippen LogP) is 0.839. The number of rotatable bonds is 2. The Morgan fingerprint density at radius 3 is 2.94 bits per heavy atom. The number of carbonyl (C=O) groups is 1. The van der Waals surface area contributed by atoms with E-state index in [1.54, 1.807) is 6.07 Å². The molecule has 92 valence electrons. The van der Waals surface area contributed by atoms with Crippen LogP contribution in [0.25, 0.3) is 10.9 Å². The van der Waals surface area contributed by atoms with Gasteiger partial charge in [0.25, 0.3) is 5.56 Å². The summed E-state index contributed by atoms with van der Waals surface area (Å²) in [6.45, 7) is 1.97. The molecule has 2 aromatic rings. The number of pyridine rings is 1. The summed E-state index contributed by atoms with van der Waals surface area (Å²) in [4.78, 5) is 24.9. The van der Waals surface area contributed by atoms with Gasteiger partial charge < -0.3 is 10.7 Å². The zero-order valence-electron chi connectivity index (χ0n) is 9.73. The highest BCUT2D eigenvalue weighted by molar-refractivity contribution is 5.88. The molecule has 0 saturated heterocycles. The van der Waals surface area contributed by atoms with Gasteiger partial charge in [0, 0.05) is 5.52 Å². The number of hydrazone groups is 1. The number of primary amides is 1. The summed E-state index contributed by atoms with van der Waals surface area (Å²) in [5.74, 6) is 0. The number of aryl methyl sites for hydroxylation is 1. The van der Waals surface area contributed by atoms with Gasteiger partial charge in [-0.05, 0) is 30.5 Å². The molecule has 4 N–H and O–H groups in total. The molecule has 2 amide bonds. The highest BCUT2D eigenvalue weighted by Crippen LogP contribution is 2.12. The molecule has 0 saturated carbocycles. The number of aromatic amines is 1. The highest BCUT2D eigenvalue weighted by Gasteiger charge is 2.01. The van der Waals surface area contributed by atoms with Crippen molar-refractivity contribution in [3.05, 3.63) is 45.7 Å². The van der Waals surface area contributed by atoms with Gasteiger partial charge in [-0.15, -0.1) is 0 Å². The monoisotopic (exact) mass is 244 g/mol. The summed E-state index contributed by atoms with van der Waals surface area (Å²) < 4.78 is 0. The fraction of sp³-hybridized carbons (Fsp3) is 0.0833. The largest absolute Gasteiger partial charge is 0.350 e. The van der Waals surface area contributed by atoms with Crippen LogP contribution >= 0.6 is 0 Å². The number of hydrogen-bond donors (Lipinski definition) is 3. The molecule has 0 fully saturated rings. The number of amides is 2. The van der Waals surface area contributed by atoms with Crippen LogP contribution in [0.2, 0.25) is 0 Å². The quantitative estimate of drug-likeness (QED) is 0.538. The number of benzene rings is 1. The number of hydrogen-bond acceptors (Lipinski definition) is 3. The Morgan fingerprint density at radius 1 is 1.44 bits per heavy atom. The second kappa shape index (κ2) is 4.70. The third-order valence-corrected chi connectivity index (χ3v) is 2.41. The zero-order valence-corrected chi connectivity index (χ0v) is 9.73. The van der Waals surface area contributed by atoms with E-state index >= 15 is 0 Å². The van der Waals surface area contributed by atoms with E-state index in [2.05, 4.69) is 10.1 Å². The third kappa shape index (κ3) is 2.54. The molecule has 0 bridgehead atoms. The van der Waals surface area contributed by atoms with Crippen molar-refractivity contribution < 1.29 is 4.79 Å². The molecule has 1 aromatic carbocycles. The van der Waals surface area contributed by atoms with Crippen LogP contribution in [0.4, 0.5) is 4.79 Å². The maximum absolute atomic E-state index is 11.7. The molecule has 6 heteroatoms. The molecule has 1 heterocycles. The Labute approximate surface area is 103 Å². The molecular weight excluding hydrogens is 232 g/mol. The zero-order chi connectivity index (χ0) is 13.1. The number of H-pyrrole nitrogens is 1. The predicted molar refractivity (Wildman–Crippen MR) is 69.6 cm³/mol. The number of carbonyl (C=O) groups excluding carboxylic acids is 1. The van der Waals surface area contributed by atoms with Crippen molar-refractivity contribution >= 4 is 23.1 Å². The lowest BCUT2D eigenvalue weighted by molar-refractivity contribution is 0.249. The minimum atomic E-state index is -0.778. The van der Waals surface area contributed by atoms with Crippen LogP contribution in [0.5, 0.6) is 0 Å². The van der Waals surface area contributed by atoms with Crippen LogP contribution in [-0.2, 0) is 0 Å². The van der Waals surface area contributed by atoms with Gasteiger partial charge in [-0.3, -0.25) is 4.79 Å². The topological polar surface area (TPSA) is 100 Å². The van der Waals surface area contributed by atoms with E-state index in [1.807, 2.05) is 30.5 Å². The Balaban J connectivity index is 2.45. The van der Waals surface area contributed by atoms with Gasteiger partial charge in [0.1, 0.15) is 0 Å². The normalized spacial score (nSPS) is 10.9. The third-order valence-electron chi connectivity index (χ3n) is 2.41. The Morgan fingerprint density at radius 2 is 2.22 bits per heavy atom. The van der Waals surface area contributed by atoms with Crippen molar-refractivity contribution in [2.75, 3.05) is 0 Å². The van der Waals surface area contributed by atoms with Gasteiger partial charge >= 0.3 is 6.03 Å². The van der Waals surface area contributed by atoms with E-state index in [4.69, 9.17) is 5.73 Å². The van der Waals surface area contributed by atoms with E-state index in [9.17, 15) is 9.59 Å². The SMILES string of the molecule is Cc1ccc2[nH]c(=O)c(C=NNC(N)=O)cc2c1. The van der Waals surface area contributed by atoms with E-state index in [1.165, 1.54) is 6.21 Å². The Kier molecular flexibility index (Phi) is 3.09. The van der Waals surface area contributed by atoms with Crippen LogP contribution in [-0.4, -0.2) is 17.2 Å². The Hall–Kier alpha value is -2.63. The summed E-state index contributed by atoms with van der Waals surface area (Å²) in [7, 11) is 0. The molecule has 18 heavy (non-hydrogen) atoms. The maximum Gasteiger partial charge on any atom is 0.332 e. The number of nitrogens with one attached hydrogen (secondary N) is 2. The van der Waals surface area contributed by atoms with Gasteiger partial charge in [-0.2, -0.15) is 5.10 Å². The van der Waals surface area contributed by atoms with Crippen LogP contribution in [0.3, 0.4) is 0 Å². The van der Waals surface area contributed by atoms with Crippen LogP contribution < -0.4 is 16.7 Å². The lowest BCUT2D eigenvalue weighted by Gasteiger charge is -2.00. The minimum Gasteiger partial charge on any atom is -0.350 e. The average Bonchev–Trinajstić information content (AvgIpc) is 2.30. The van der Waals surface area contributed by atoms with Crippen molar-refractivity contribution in [3.63, 3.8) is 0 Å². The second-order valence-corrected chi connectivity index (χ2v) is 3.88. The molecule has 1 aromatic heterocycles. The highest BCUT2D eigenvalue weighted by atomic mass is 16.2. The summed E-state index contributed by atoms with van der Waals surface area (Å²) in [5.41, 5.74) is 8.81. The first-order chi connectivity index (χ1) is 8.56. The van der Waals surface area contributed by atoms with Crippen molar-refractivity contribution in [2.24, 2.45) is 10.8 Å². The molecule has 0 aliphatic heterocycles.